The minimum atomic E-state index is -0.324. The van der Waals surface area contributed by atoms with Gasteiger partial charge in [0.2, 0.25) is 0 Å². The van der Waals surface area contributed by atoms with E-state index in [-0.39, 0.29) is 17.3 Å². The average molecular weight is 435 g/mol. The summed E-state index contributed by atoms with van der Waals surface area (Å²) in [6.07, 6.45) is 4.17. The second-order valence-electron chi connectivity index (χ2n) is 6.50. The molecular formula is C20H19ClN2O3S2. The molecule has 3 aromatic rings. The Morgan fingerprint density at radius 1 is 1.29 bits per heavy atom. The first-order chi connectivity index (χ1) is 13.6. The number of aromatic nitrogens is 2. The fourth-order valence-electron chi connectivity index (χ4n) is 3.43. The Labute approximate surface area is 175 Å². The van der Waals surface area contributed by atoms with E-state index in [0.717, 1.165) is 41.5 Å². The summed E-state index contributed by atoms with van der Waals surface area (Å²) < 4.78 is 6.61. The van der Waals surface area contributed by atoms with Crippen molar-refractivity contribution in [2.75, 3.05) is 12.4 Å². The molecule has 1 aliphatic rings. The van der Waals surface area contributed by atoms with Crippen LogP contribution in [0.15, 0.2) is 34.2 Å². The number of thioether (sulfide) groups is 1. The van der Waals surface area contributed by atoms with Crippen LogP contribution in [0.3, 0.4) is 0 Å². The van der Waals surface area contributed by atoms with Crippen molar-refractivity contribution in [3.63, 3.8) is 0 Å². The van der Waals surface area contributed by atoms with Crippen molar-refractivity contribution in [2.45, 2.75) is 37.8 Å². The quantitative estimate of drug-likeness (QED) is 0.332. The number of fused-ring (bicyclic) bond motifs is 3. The van der Waals surface area contributed by atoms with E-state index in [0.29, 0.717) is 22.5 Å². The Hall–Kier alpha value is -1.83. The van der Waals surface area contributed by atoms with Gasteiger partial charge in [0.1, 0.15) is 4.83 Å². The number of thiophene rings is 1. The van der Waals surface area contributed by atoms with E-state index in [1.807, 2.05) is 0 Å². The summed E-state index contributed by atoms with van der Waals surface area (Å²) >= 11 is 8.84. The van der Waals surface area contributed by atoms with Crippen LogP contribution in [0.5, 0.6) is 0 Å². The van der Waals surface area contributed by atoms with Crippen molar-refractivity contribution in [1.29, 1.82) is 0 Å². The van der Waals surface area contributed by atoms with Crippen molar-refractivity contribution >= 4 is 50.9 Å². The summed E-state index contributed by atoms with van der Waals surface area (Å²) in [5.41, 5.74) is 1.75. The van der Waals surface area contributed by atoms with Crippen molar-refractivity contribution in [3.05, 3.63) is 50.1 Å². The second kappa shape index (κ2) is 8.27. The Bertz CT molecular complexity index is 1090. The zero-order valence-corrected chi connectivity index (χ0v) is 17.8. The molecular weight excluding hydrogens is 416 g/mol. The van der Waals surface area contributed by atoms with Gasteiger partial charge in [0.15, 0.2) is 5.16 Å². The number of rotatable bonds is 5. The van der Waals surface area contributed by atoms with Crippen LogP contribution in [0.1, 0.15) is 30.2 Å². The van der Waals surface area contributed by atoms with Gasteiger partial charge >= 0.3 is 5.97 Å². The largest absolute Gasteiger partial charge is 0.465 e. The predicted molar refractivity (Wildman–Crippen MR) is 114 cm³/mol. The van der Waals surface area contributed by atoms with E-state index in [2.05, 4.69) is 0 Å². The Morgan fingerprint density at radius 2 is 2.04 bits per heavy atom. The number of hydrogen-bond acceptors (Lipinski definition) is 6. The van der Waals surface area contributed by atoms with Gasteiger partial charge < -0.3 is 4.74 Å². The highest BCUT2D eigenvalue weighted by atomic mass is 35.5. The number of carbonyl (C=O) groups is 1. The highest BCUT2D eigenvalue weighted by molar-refractivity contribution is 7.99. The van der Waals surface area contributed by atoms with E-state index in [1.165, 1.54) is 16.6 Å². The monoisotopic (exact) mass is 434 g/mol. The molecule has 0 spiro atoms. The van der Waals surface area contributed by atoms with Crippen LogP contribution >= 0.6 is 34.7 Å². The van der Waals surface area contributed by atoms with Crippen molar-refractivity contribution < 1.29 is 9.53 Å². The van der Waals surface area contributed by atoms with Crippen molar-refractivity contribution in [1.82, 2.24) is 9.55 Å². The maximum Gasteiger partial charge on any atom is 0.316 e. The standard InChI is InChI=1S/C20H19ClN2O3S2/c1-2-26-16(24)11-27-20-22-18-17(14-5-3-4-6-15(14)28-18)19(25)23(20)13-9-7-12(21)8-10-13/h7-10H,2-6,11H2,1H3. The molecule has 28 heavy (non-hydrogen) atoms. The summed E-state index contributed by atoms with van der Waals surface area (Å²) in [4.78, 5) is 32.1. The molecule has 1 aromatic carbocycles. The van der Waals surface area contributed by atoms with Crippen LogP contribution in [-0.2, 0) is 22.4 Å². The van der Waals surface area contributed by atoms with Crippen LogP contribution in [-0.4, -0.2) is 27.9 Å². The number of ether oxygens (including phenoxy) is 1. The number of halogens is 1. The Morgan fingerprint density at radius 3 is 2.79 bits per heavy atom. The predicted octanol–water partition coefficient (Wildman–Crippen LogP) is 4.63. The molecule has 0 aliphatic heterocycles. The lowest BCUT2D eigenvalue weighted by atomic mass is 9.97. The maximum absolute atomic E-state index is 13.5. The first kappa shape index (κ1) is 19.5. The van der Waals surface area contributed by atoms with E-state index in [9.17, 15) is 9.59 Å². The highest BCUT2D eigenvalue weighted by Gasteiger charge is 2.23. The summed E-state index contributed by atoms with van der Waals surface area (Å²) in [6, 6.07) is 7.09. The summed E-state index contributed by atoms with van der Waals surface area (Å²) in [7, 11) is 0. The lowest BCUT2D eigenvalue weighted by molar-refractivity contribution is -0.139. The SMILES string of the molecule is CCOC(=O)CSc1nc2sc3c(c2c(=O)n1-c1ccc(Cl)cc1)CCCC3. The third-order valence-corrected chi connectivity index (χ3v) is 7.02. The zero-order chi connectivity index (χ0) is 19.7. The number of aryl methyl sites for hydroxylation is 2. The van der Waals surface area contributed by atoms with Crippen LogP contribution in [0, 0.1) is 0 Å². The lowest BCUT2D eigenvalue weighted by Crippen LogP contribution is -2.22. The van der Waals surface area contributed by atoms with Crippen molar-refractivity contribution in [3.8, 4) is 5.69 Å². The molecule has 0 saturated carbocycles. The van der Waals surface area contributed by atoms with E-state index in [1.54, 1.807) is 47.1 Å². The number of carbonyl (C=O) groups excluding carboxylic acids is 1. The van der Waals surface area contributed by atoms with Gasteiger partial charge in [0, 0.05) is 9.90 Å². The summed E-state index contributed by atoms with van der Waals surface area (Å²) in [6.45, 7) is 2.10. The molecule has 146 valence electrons. The third kappa shape index (κ3) is 3.71. The minimum absolute atomic E-state index is 0.0851. The topological polar surface area (TPSA) is 61.2 Å². The van der Waals surface area contributed by atoms with E-state index >= 15 is 0 Å². The van der Waals surface area contributed by atoms with Gasteiger partial charge in [-0.2, -0.15) is 0 Å². The Balaban J connectivity index is 1.87. The normalized spacial score (nSPS) is 13.5. The van der Waals surface area contributed by atoms with Gasteiger partial charge in [-0.3, -0.25) is 14.2 Å². The van der Waals surface area contributed by atoms with Crippen LogP contribution in [0.2, 0.25) is 5.02 Å². The smallest absolute Gasteiger partial charge is 0.316 e. The van der Waals surface area contributed by atoms with Crippen molar-refractivity contribution in [2.24, 2.45) is 0 Å². The molecule has 0 fully saturated rings. The van der Waals surface area contributed by atoms with Gasteiger partial charge in [-0.15, -0.1) is 11.3 Å². The second-order valence-corrected chi connectivity index (χ2v) is 8.96. The van der Waals surface area contributed by atoms with Gasteiger partial charge in [-0.1, -0.05) is 23.4 Å². The average Bonchev–Trinajstić information content (AvgIpc) is 3.06. The van der Waals surface area contributed by atoms with E-state index < -0.39 is 0 Å². The summed E-state index contributed by atoms with van der Waals surface area (Å²) in [5, 5.41) is 1.81. The fourth-order valence-corrected chi connectivity index (χ4v) is 5.67. The maximum atomic E-state index is 13.5. The first-order valence-electron chi connectivity index (χ1n) is 9.20. The molecule has 8 heteroatoms. The molecule has 0 amide bonds. The highest BCUT2D eigenvalue weighted by Crippen LogP contribution is 2.35. The Kier molecular flexibility index (Phi) is 5.75. The number of benzene rings is 1. The molecule has 0 radical (unpaired) electrons. The molecule has 0 saturated heterocycles. The van der Waals surface area contributed by atoms with Crippen LogP contribution in [0.4, 0.5) is 0 Å². The molecule has 0 unspecified atom stereocenters. The molecule has 0 bridgehead atoms. The molecule has 5 nitrogen and oxygen atoms in total. The first-order valence-corrected chi connectivity index (χ1v) is 11.4. The molecule has 2 heterocycles. The minimum Gasteiger partial charge on any atom is -0.465 e. The fraction of sp³-hybridized carbons (Fsp3) is 0.350. The number of esters is 1. The zero-order valence-electron chi connectivity index (χ0n) is 15.4. The summed E-state index contributed by atoms with van der Waals surface area (Å²) in [5.74, 6) is -0.222. The number of nitrogens with zero attached hydrogens (tertiary/aromatic N) is 2. The lowest BCUT2D eigenvalue weighted by Gasteiger charge is -2.13. The van der Waals surface area contributed by atoms with Gasteiger partial charge in [-0.25, -0.2) is 4.98 Å². The van der Waals surface area contributed by atoms with Crippen LogP contribution in [0.25, 0.3) is 15.9 Å². The molecule has 1 aliphatic carbocycles. The number of hydrogen-bond donors (Lipinski definition) is 0. The van der Waals surface area contributed by atoms with Gasteiger partial charge in [0.05, 0.1) is 23.4 Å². The molecule has 2 aromatic heterocycles. The van der Waals surface area contributed by atoms with Gasteiger partial charge in [-0.05, 0) is 62.4 Å². The molecule has 0 N–H and O–H groups in total. The van der Waals surface area contributed by atoms with Gasteiger partial charge in [0.25, 0.3) is 5.56 Å². The molecule has 0 atom stereocenters. The van der Waals surface area contributed by atoms with E-state index in [4.69, 9.17) is 21.3 Å². The molecule has 4 rings (SSSR count). The van der Waals surface area contributed by atoms with Crippen LogP contribution < -0.4 is 5.56 Å². The third-order valence-electron chi connectivity index (χ3n) is 4.67.